The van der Waals surface area contributed by atoms with E-state index in [2.05, 4.69) is 17.4 Å². The van der Waals surface area contributed by atoms with Crippen molar-refractivity contribution in [2.75, 3.05) is 24.4 Å². The predicted octanol–water partition coefficient (Wildman–Crippen LogP) is 3.79. The van der Waals surface area contributed by atoms with Gasteiger partial charge in [0, 0.05) is 24.1 Å². The van der Waals surface area contributed by atoms with E-state index >= 15 is 0 Å². The molecule has 1 aliphatic heterocycles. The van der Waals surface area contributed by atoms with Crippen molar-refractivity contribution in [2.24, 2.45) is 0 Å². The summed E-state index contributed by atoms with van der Waals surface area (Å²) in [5.74, 6) is -1.25. The first-order valence-corrected chi connectivity index (χ1v) is 9.07. The first-order valence-electron chi connectivity index (χ1n) is 9.07. The van der Waals surface area contributed by atoms with Crippen molar-refractivity contribution in [1.82, 2.24) is 0 Å². The molecule has 0 atom stereocenters. The van der Waals surface area contributed by atoms with Gasteiger partial charge in [-0.15, -0.1) is 0 Å². The van der Waals surface area contributed by atoms with E-state index in [-0.39, 0.29) is 11.3 Å². The molecule has 6 heteroatoms. The molecule has 2 aromatic rings. The molecule has 6 nitrogen and oxygen atoms in total. The van der Waals surface area contributed by atoms with Crippen molar-refractivity contribution < 1.29 is 19.1 Å². The zero-order chi connectivity index (χ0) is 20.6. The second-order valence-electron chi connectivity index (χ2n) is 6.20. The molecule has 0 aromatic heterocycles. The maximum Gasteiger partial charge on any atom is 0.355 e. The number of hydrogen-bond acceptors (Lipinski definition) is 6. The lowest BCUT2D eigenvalue weighted by molar-refractivity contribution is -0.139. The highest BCUT2D eigenvalue weighted by Crippen LogP contribution is 2.27. The molecule has 148 valence electrons. The SMILES string of the molecule is COC(=O)C1=C(C(=O)OC)N(c2ccc(NCc3ccccc3)cc2)C=CC=C1. The molecule has 0 amide bonds. The lowest BCUT2D eigenvalue weighted by atomic mass is 10.1. The zero-order valence-corrected chi connectivity index (χ0v) is 16.3. The Morgan fingerprint density at radius 2 is 1.59 bits per heavy atom. The van der Waals surface area contributed by atoms with E-state index in [9.17, 15) is 9.59 Å². The van der Waals surface area contributed by atoms with Gasteiger partial charge in [0.25, 0.3) is 0 Å². The summed E-state index contributed by atoms with van der Waals surface area (Å²) in [4.78, 5) is 26.3. The average molecular weight is 390 g/mol. The van der Waals surface area contributed by atoms with Crippen molar-refractivity contribution in [3.05, 3.63) is 95.9 Å². The number of benzene rings is 2. The molecule has 1 aliphatic rings. The fourth-order valence-corrected chi connectivity index (χ4v) is 2.91. The van der Waals surface area contributed by atoms with Crippen LogP contribution in [0.2, 0.25) is 0 Å². The van der Waals surface area contributed by atoms with Crippen molar-refractivity contribution in [1.29, 1.82) is 0 Å². The molecule has 0 aliphatic carbocycles. The standard InChI is InChI=1S/C23H22N2O4/c1-28-22(26)20-10-6-7-15-25(21(20)23(27)29-2)19-13-11-18(12-14-19)24-16-17-8-4-3-5-9-17/h3-15,24H,16H2,1-2H3. The molecule has 0 spiro atoms. The molecule has 2 aromatic carbocycles. The van der Waals surface area contributed by atoms with Crippen LogP contribution in [0.1, 0.15) is 5.56 Å². The van der Waals surface area contributed by atoms with E-state index in [0.29, 0.717) is 12.2 Å². The van der Waals surface area contributed by atoms with Crippen molar-refractivity contribution in [3.8, 4) is 0 Å². The van der Waals surface area contributed by atoms with Crippen molar-refractivity contribution >= 4 is 23.3 Å². The number of rotatable bonds is 6. The summed E-state index contributed by atoms with van der Waals surface area (Å²) in [7, 11) is 2.55. The molecule has 0 saturated heterocycles. The molecule has 0 unspecified atom stereocenters. The number of carbonyl (C=O) groups excluding carboxylic acids is 2. The smallest absolute Gasteiger partial charge is 0.355 e. The van der Waals surface area contributed by atoms with Crippen LogP contribution in [-0.4, -0.2) is 26.2 Å². The van der Waals surface area contributed by atoms with Crippen LogP contribution >= 0.6 is 0 Å². The van der Waals surface area contributed by atoms with Crippen LogP contribution in [0.4, 0.5) is 11.4 Å². The van der Waals surface area contributed by atoms with Gasteiger partial charge in [0.1, 0.15) is 5.70 Å². The highest BCUT2D eigenvalue weighted by Gasteiger charge is 2.27. The average Bonchev–Trinajstić information content (AvgIpc) is 3.00. The predicted molar refractivity (Wildman–Crippen MR) is 112 cm³/mol. The number of ether oxygens (including phenoxy) is 2. The summed E-state index contributed by atoms with van der Waals surface area (Å²) in [5.41, 5.74) is 3.03. The van der Waals surface area contributed by atoms with Gasteiger partial charge in [-0.1, -0.05) is 36.4 Å². The third-order valence-corrected chi connectivity index (χ3v) is 4.37. The Morgan fingerprint density at radius 1 is 0.897 bits per heavy atom. The van der Waals surface area contributed by atoms with E-state index in [1.165, 1.54) is 25.9 Å². The molecule has 1 N–H and O–H groups in total. The van der Waals surface area contributed by atoms with Gasteiger partial charge in [-0.05, 0) is 42.0 Å². The number of allylic oxidation sites excluding steroid dienone is 2. The molecule has 0 bridgehead atoms. The van der Waals surface area contributed by atoms with Gasteiger partial charge < -0.3 is 19.7 Å². The van der Waals surface area contributed by atoms with Crippen LogP contribution in [0.5, 0.6) is 0 Å². The molecule has 3 rings (SSSR count). The number of nitrogens with one attached hydrogen (secondary N) is 1. The van der Waals surface area contributed by atoms with E-state index in [1.807, 2.05) is 42.5 Å². The number of anilines is 2. The number of hydrogen-bond donors (Lipinski definition) is 1. The van der Waals surface area contributed by atoms with Crippen molar-refractivity contribution in [2.45, 2.75) is 6.54 Å². The molecular formula is C23H22N2O4. The highest BCUT2D eigenvalue weighted by atomic mass is 16.5. The monoisotopic (exact) mass is 390 g/mol. The first-order chi connectivity index (χ1) is 14.1. The minimum absolute atomic E-state index is 0.0920. The van der Waals surface area contributed by atoms with Crippen LogP contribution in [0.25, 0.3) is 0 Å². The van der Waals surface area contributed by atoms with Crippen LogP contribution in [0, 0.1) is 0 Å². The minimum atomic E-state index is -0.632. The second-order valence-corrected chi connectivity index (χ2v) is 6.20. The Balaban J connectivity index is 1.87. The summed E-state index contributed by atoms with van der Waals surface area (Å²) in [5, 5.41) is 3.36. The van der Waals surface area contributed by atoms with Gasteiger partial charge in [0.15, 0.2) is 0 Å². The molecule has 0 saturated carbocycles. The van der Waals surface area contributed by atoms with Gasteiger partial charge >= 0.3 is 11.9 Å². The summed E-state index contributed by atoms with van der Waals surface area (Å²) in [6, 6.07) is 17.6. The number of methoxy groups -OCH3 is 2. The Kier molecular flexibility index (Phi) is 6.47. The topological polar surface area (TPSA) is 67.9 Å². The lowest BCUT2D eigenvalue weighted by Gasteiger charge is -2.23. The molecule has 0 radical (unpaired) electrons. The van der Waals surface area contributed by atoms with Crippen LogP contribution in [0.15, 0.2) is 90.3 Å². The van der Waals surface area contributed by atoms with Gasteiger partial charge in [-0.2, -0.15) is 0 Å². The van der Waals surface area contributed by atoms with Crippen LogP contribution in [-0.2, 0) is 25.6 Å². The second kappa shape index (κ2) is 9.41. The molecular weight excluding hydrogens is 368 g/mol. The minimum Gasteiger partial charge on any atom is -0.465 e. The van der Waals surface area contributed by atoms with Gasteiger partial charge in [-0.25, -0.2) is 9.59 Å². The summed E-state index contributed by atoms with van der Waals surface area (Å²) in [6.45, 7) is 0.702. The number of esters is 2. The van der Waals surface area contributed by atoms with E-state index in [1.54, 1.807) is 23.3 Å². The molecule has 29 heavy (non-hydrogen) atoms. The van der Waals surface area contributed by atoms with Crippen LogP contribution in [0.3, 0.4) is 0 Å². The largest absolute Gasteiger partial charge is 0.465 e. The van der Waals surface area contributed by atoms with E-state index < -0.39 is 11.9 Å². The Hall–Kier alpha value is -3.80. The summed E-state index contributed by atoms with van der Waals surface area (Å²) >= 11 is 0. The summed E-state index contributed by atoms with van der Waals surface area (Å²) in [6.07, 6.45) is 6.64. The Bertz CT molecular complexity index is 960. The third kappa shape index (κ3) is 4.73. The Morgan fingerprint density at radius 3 is 2.24 bits per heavy atom. The highest BCUT2D eigenvalue weighted by molar-refractivity contribution is 6.05. The fraction of sp³-hybridized carbons (Fsp3) is 0.130. The Labute approximate surface area is 169 Å². The normalized spacial score (nSPS) is 13.1. The summed E-state index contributed by atoms with van der Waals surface area (Å²) < 4.78 is 9.73. The molecule has 1 heterocycles. The molecule has 0 fully saturated rings. The fourth-order valence-electron chi connectivity index (χ4n) is 2.91. The third-order valence-electron chi connectivity index (χ3n) is 4.37. The van der Waals surface area contributed by atoms with Crippen LogP contribution < -0.4 is 10.2 Å². The maximum atomic E-state index is 12.5. The van der Waals surface area contributed by atoms with Gasteiger partial charge in [0.05, 0.1) is 19.8 Å². The van der Waals surface area contributed by atoms with Gasteiger partial charge in [0.2, 0.25) is 0 Å². The first kappa shape index (κ1) is 19.9. The maximum absolute atomic E-state index is 12.5. The number of nitrogens with zero attached hydrogens (tertiary/aromatic N) is 1. The van der Waals surface area contributed by atoms with E-state index in [4.69, 9.17) is 9.47 Å². The quantitative estimate of drug-likeness (QED) is 0.757. The zero-order valence-electron chi connectivity index (χ0n) is 16.3. The number of carbonyl (C=O) groups is 2. The lowest BCUT2D eigenvalue weighted by Crippen LogP contribution is -2.26. The van der Waals surface area contributed by atoms with Crippen molar-refractivity contribution in [3.63, 3.8) is 0 Å². The van der Waals surface area contributed by atoms with E-state index in [0.717, 1.165) is 5.69 Å². The van der Waals surface area contributed by atoms with Gasteiger partial charge in [-0.3, -0.25) is 0 Å².